The van der Waals surface area contributed by atoms with Crippen molar-refractivity contribution in [3.05, 3.63) is 70.7 Å². The van der Waals surface area contributed by atoms with E-state index in [-0.39, 0.29) is 35.5 Å². The highest BCUT2D eigenvalue weighted by atomic mass is 32.1. The molecule has 0 aliphatic heterocycles. The van der Waals surface area contributed by atoms with E-state index in [2.05, 4.69) is 41.5 Å². The molecule has 0 radical (unpaired) electrons. The van der Waals surface area contributed by atoms with Crippen LogP contribution in [0.3, 0.4) is 0 Å². The molecule has 4 aromatic heterocycles. The molecule has 2 aliphatic rings. The van der Waals surface area contributed by atoms with Gasteiger partial charge in [0.15, 0.2) is 0 Å². The molecule has 2 saturated carbocycles. The lowest BCUT2D eigenvalue weighted by atomic mass is 10.0. The van der Waals surface area contributed by atoms with E-state index in [1.54, 1.807) is 24.5 Å². The summed E-state index contributed by atoms with van der Waals surface area (Å²) in [5.41, 5.74) is 19.5. The third-order valence-electron chi connectivity index (χ3n) is 8.87. The number of carbonyl (C=O) groups is 2. The Morgan fingerprint density at radius 1 is 0.720 bits per heavy atom. The molecular formula is C36H30N10O2S2. The molecular weight excluding hydrogens is 669 g/mol. The minimum absolute atomic E-state index is 0.155. The first-order valence-electron chi connectivity index (χ1n) is 15.8. The number of aryl methyl sites for hydroxylation is 2. The number of fused-ring (bicyclic) bond motifs is 2. The summed E-state index contributed by atoms with van der Waals surface area (Å²) in [6, 6.07) is 15.6. The van der Waals surface area contributed by atoms with Crippen molar-refractivity contribution in [2.75, 3.05) is 22.1 Å². The number of nitrogens with one attached hydrogen (secondary N) is 2. The van der Waals surface area contributed by atoms with Crippen LogP contribution in [0.2, 0.25) is 0 Å². The number of nitrogens with two attached hydrogens (primary N) is 2. The molecule has 6 aromatic rings. The van der Waals surface area contributed by atoms with Gasteiger partial charge < -0.3 is 22.1 Å². The van der Waals surface area contributed by atoms with Gasteiger partial charge in [0.25, 0.3) is 0 Å². The number of pyridine rings is 2. The van der Waals surface area contributed by atoms with E-state index in [0.29, 0.717) is 35.9 Å². The summed E-state index contributed by atoms with van der Waals surface area (Å²) in [4.78, 5) is 32.8. The summed E-state index contributed by atoms with van der Waals surface area (Å²) in [7, 11) is 0. The Bertz CT molecular complexity index is 2240. The van der Waals surface area contributed by atoms with Crippen molar-refractivity contribution in [2.24, 2.45) is 23.7 Å². The zero-order valence-corrected chi connectivity index (χ0v) is 28.6. The Labute approximate surface area is 295 Å². The lowest BCUT2D eigenvalue weighted by Crippen LogP contribution is -2.15. The van der Waals surface area contributed by atoms with Crippen LogP contribution in [0, 0.1) is 60.2 Å². The standard InChI is InChI=1S/2C18H15N5OS/c2*1-9-8-25-23-17(9)11-2-10-5-16(21-7-14(10)15(20)4-11)22-18(24)13-3-12(13)6-19/h2*2,4-5,7-8,12-13H,3,20H2,1H3,(H,21,22,24)/t2*12-,13+/m10/s1. The summed E-state index contributed by atoms with van der Waals surface area (Å²) >= 11 is 2.82. The molecule has 50 heavy (non-hydrogen) atoms. The number of benzene rings is 2. The maximum atomic E-state index is 12.1. The molecule has 8 rings (SSSR count). The average Bonchev–Trinajstić information content (AvgIpc) is 3.99. The molecule has 248 valence electrons. The molecule has 4 heterocycles. The Kier molecular flexibility index (Phi) is 8.57. The van der Waals surface area contributed by atoms with E-state index < -0.39 is 0 Å². The van der Waals surface area contributed by atoms with Crippen molar-refractivity contribution in [1.82, 2.24) is 18.7 Å². The average molecular weight is 699 g/mol. The summed E-state index contributed by atoms with van der Waals surface area (Å²) in [6.07, 6.45) is 4.56. The van der Waals surface area contributed by atoms with E-state index in [0.717, 1.165) is 55.2 Å². The van der Waals surface area contributed by atoms with Gasteiger partial charge in [0.05, 0.1) is 47.2 Å². The molecule has 0 bridgehead atoms. The van der Waals surface area contributed by atoms with Crippen LogP contribution in [0.5, 0.6) is 0 Å². The minimum atomic E-state index is -0.225. The number of hydrogen-bond acceptors (Lipinski definition) is 12. The smallest absolute Gasteiger partial charge is 0.230 e. The van der Waals surface area contributed by atoms with Crippen LogP contribution in [-0.4, -0.2) is 30.5 Å². The van der Waals surface area contributed by atoms with Gasteiger partial charge in [0, 0.05) is 56.4 Å². The monoisotopic (exact) mass is 698 g/mol. The van der Waals surface area contributed by atoms with Gasteiger partial charge in [-0.05, 0) is 108 Å². The molecule has 4 atom stereocenters. The largest absolute Gasteiger partial charge is 0.398 e. The van der Waals surface area contributed by atoms with Crippen LogP contribution >= 0.6 is 23.1 Å². The van der Waals surface area contributed by atoms with Crippen LogP contribution < -0.4 is 22.1 Å². The zero-order valence-electron chi connectivity index (χ0n) is 27.0. The number of nitriles is 2. The van der Waals surface area contributed by atoms with Crippen molar-refractivity contribution in [1.29, 1.82) is 10.5 Å². The van der Waals surface area contributed by atoms with Crippen molar-refractivity contribution >= 4 is 79.4 Å². The van der Waals surface area contributed by atoms with Gasteiger partial charge in [-0.25, -0.2) is 9.97 Å². The Morgan fingerprint density at radius 3 is 1.48 bits per heavy atom. The first-order valence-corrected chi connectivity index (χ1v) is 17.4. The molecule has 14 heteroatoms. The van der Waals surface area contributed by atoms with Crippen LogP contribution in [0.4, 0.5) is 23.0 Å². The number of nitrogen functional groups attached to an aromatic ring is 2. The van der Waals surface area contributed by atoms with Gasteiger partial charge in [-0.2, -0.15) is 19.3 Å². The van der Waals surface area contributed by atoms with E-state index >= 15 is 0 Å². The molecule has 0 saturated heterocycles. The number of anilines is 4. The third-order valence-corrected chi connectivity index (χ3v) is 10.4. The van der Waals surface area contributed by atoms with Crippen molar-refractivity contribution < 1.29 is 9.59 Å². The van der Waals surface area contributed by atoms with Gasteiger partial charge in [0.1, 0.15) is 11.6 Å². The maximum absolute atomic E-state index is 12.1. The van der Waals surface area contributed by atoms with Gasteiger partial charge in [-0.1, -0.05) is 0 Å². The number of aromatic nitrogens is 4. The molecule has 2 amide bonds. The minimum Gasteiger partial charge on any atom is -0.398 e. The highest BCUT2D eigenvalue weighted by Crippen LogP contribution is 2.40. The second kappa shape index (κ2) is 13.2. The summed E-state index contributed by atoms with van der Waals surface area (Å²) in [6.45, 7) is 4.03. The lowest BCUT2D eigenvalue weighted by molar-refractivity contribution is -0.118. The SMILES string of the molecule is Cc1csnc1-c1cc(N)c2cnc(NC(=O)[C@@H]3C[C@H]3C#N)cc2c1.Cc1csnc1-c1cc(N)c2cnc(NC(=O)[C@H]3C[C@@H]3C#N)cc2c1. The Hall–Kier alpha value is -5.96. The number of rotatable bonds is 6. The number of hydrogen-bond donors (Lipinski definition) is 4. The van der Waals surface area contributed by atoms with E-state index in [1.807, 2.05) is 48.9 Å². The van der Waals surface area contributed by atoms with Crippen LogP contribution in [0.15, 0.2) is 59.6 Å². The summed E-state index contributed by atoms with van der Waals surface area (Å²) in [5, 5.41) is 30.7. The predicted molar refractivity (Wildman–Crippen MR) is 196 cm³/mol. The second-order valence-electron chi connectivity index (χ2n) is 12.5. The third kappa shape index (κ3) is 6.54. The first-order chi connectivity index (χ1) is 24.1. The van der Waals surface area contributed by atoms with Crippen molar-refractivity contribution in [3.63, 3.8) is 0 Å². The van der Waals surface area contributed by atoms with Gasteiger partial charge in [-0.3, -0.25) is 9.59 Å². The lowest BCUT2D eigenvalue weighted by Gasteiger charge is -2.09. The van der Waals surface area contributed by atoms with Gasteiger partial charge in [-0.15, -0.1) is 0 Å². The molecule has 2 fully saturated rings. The van der Waals surface area contributed by atoms with Crippen LogP contribution in [0.25, 0.3) is 44.1 Å². The topological polar surface area (TPSA) is 209 Å². The highest BCUT2D eigenvalue weighted by molar-refractivity contribution is 7.04. The van der Waals surface area contributed by atoms with Crippen molar-refractivity contribution in [2.45, 2.75) is 26.7 Å². The molecule has 0 spiro atoms. The highest BCUT2D eigenvalue weighted by Gasteiger charge is 2.44. The first kappa shape index (κ1) is 32.6. The molecule has 6 N–H and O–H groups in total. The molecule has 2 aliphatic carbocycles. The quantitative estimate of drug-likeness (QED) is 0.135. The summed E-state index contributed by atoms with van der Waals surface area (Å²) < 4.78 is 8.85. The van der Waals surface area contributed by atoms with Crippen LogP contribution in [-0.2, 0) is 9.59 Å². The van der Waals surface area contributed by atoms with Gasteiger partial charge in [0.2, 0.25) is 11.8 Å². The number of nitrogens with zero attached hydrogens (tertiary/aromatic N) is 6. The number of carbonyl (C=O) groups excluding carboxylic acids is 2. The predicted octanol–water partition coefficient (Wildman–Crippen LogP) is 6.69. The van der Waals surface area contributed by atoms with E-state index in [4.69, 9.17) is 22.0 Å². The maximum Gasteiger partial charge on any atom is 0.230 e. The number of amides is 2. The van der Waals surface area contributed by atoms with Crippen molar-refractivity contribution in [3.8, 4) is 34.7 Å². The fourth-order valence-corrected chi connectivity index (χ4v) is 7.16. The fraction of sp³-hybridized carbons (Fsp3) is 0.222. The zero-order chi connectivity index (χ0) is 35.1. The van der Waals surface area contributed by atoms with E-state index in [9.17, 15) is 9.59 Å². The molecule has 12 nitrogen and oxygen atoms in total. The van der Waals surface area contributed by atoms with E-state index in [1.165, 1.54) is 23.1 Å². The Morgan fingerprint density at radius 2 is 1.14 bits per heavy atom. The second-order valence-corrected chi connectivity index (χ2v) is 13.8. The fourth-order valence-electron chi connectivity index (χ4n) is 5.81. The molecule has 2 aromatic carbocycles. The van der Waals surface area contributed by atoms with Gasteiger partial charge >= 0.3 is 0 Å². The normalized spacial score (nSPS) is 18.7. The van der Waals surface area contributed by atoms with Crippen LogP contribution in [0.1, 0.15) is 24.0 Å². The Balaban J connectivity index is 0.000000157. The molecule has 0 unspecified atom stereocenters. The summed E-state index contributed by atoms with van der Waals surface area (Å²) in [5.74, 6) is -0.171.